The molecular formula is C12H12N2OS2. The topological polar surface area (TPSA) is 45.8 Å². The summed E-state index contributed by atoms with van der Waals surface area (Å²) >= 11 is 4.05. The molecule has 0 radical (unpaired) electrons. The van der Waals surface area contributed by atoms with E-state index in [9.17, 15) is 4.79 Å². The minimum absolute atomic E-state index is 0.0889. The summed E-state index contributed by atoms with van der Waals surface area (Å²) in [6.07, 6.45) is 5.00. The molecule has 0 amide bonds. The van der Waals surface area contributed by atoms with E-state index in [4.69, 9.17) is 0 Å². The Labute approximate surface area is 109 Å². The van der Waals surface area contributed by atoms with Gasteiger partial charge in [0.2, 0.25) is 0 Å². The third-order valence-corrected chi connectivity index (χ3v) is 3.56. The van der Waals surface area contributed by atoms with Crippen molar-refractivity contribution < 1.29 is 0 Å². The van der Waals surface area contributed by atoms with E-state index >= 15 is 0 Å². The number of nitrogens with zero attached hydrogens (tertiary/aromatic N) is 1. The minimum Gasteiger partial charge on any atom is -0.301 e. The van der Waals surface area contributed by atoms with Crippen LogP contribution in [-0.4, -0.2) is 9.97 Å². The summed E-state index contributed by atoms with van der Waals surface area (Å²) in [6, 6.07) is 0. The van der Waals surface area contributed by atoms with Gasteiger partial charge in [-0.3, -0.25) is 4.79 Å². The highest BCUT2D eigenvalue weighted by Gasteiger charge is 2.21. The molecule has 0 atom stereocenters. The molecule has 17 heavy (non-hydrogen) atoms. The Kier molecular flexibility index (Phi) is 3.59. The minimum atomic E-state index is -0.0889. The first kappa shape index (κ1) is 12.3. The van der Waals surface area contributed by atoms with Gasteiger partial charge in [-0.1, -0.05) is 25.3 Å². The normalized spacial score (nSPS) is 17.0. The van der Waals surface area contributed by atoms with E-state index in [1.165, 1.54) is 0 Å². The van der Waals surface area contributed by atoms with Gasteiger partial charge >= 0.3 is 0 Å². The van der Waals surface area contributed by atoms with Crippen LogP contribution < -0.4 is 5.56 Å². The summed E-state index contributed by atoms with van der Waals surface area (Å²) in [5, 5.41) is 0.502. The van der Waals surface area contributed by atoms with Crippen molar-refractivity contribution in [1.82, 2.24) is 9.97 Å². The summed E-state index contributed by atoms with van der Waals surface area (Å²) in [5.74, 6) is 0. The lowest BCUT2D eigenvalue weighted by molar-refractivity contribution is 0.830. The quantitative estimate of drug-likeness (QED) is 0.490. The van der Waals surface area contributed by atoms with E-state index in [0.29, 0.717) is 17.3 Å². The Morgan fingerprint density at radius 3 is 2.88 bits per heavy atom. The average Bonchev–Trinajstić information content (AvgIpc) is 2.32. The molecule has 0 saturated heterocycles. The predicted molar refractivity (Wildman–Crippen MR) is 75.3 cm³/mol. The SMILES string of the molecule is C=C/C=C1\C(=C)CCc2c1nc(SS)[nH]c2=O. The van der Waals surface area contributed by atoms with Crippen molar-refractivity contribution in [2.24, 2.45) is 0 Å². The molecular weight excluding hydrogens is 252 g/mol. The lowest BCUT2D eigenvalue weighted by atomic mass is 9.88. The van der Waals surface area contributed by atoms with Crippen molar-refractivity contribution in [3.8, 4) is 0 Å². The zero-order valence-corrected chi connectivity index (χ0v) is 10.9. The van der Waals surface area contributed by atoms with Crippen molar-refractivity contribution in [3.63, 3.8) is 0 Å². The summed E-state index contributed by atoms with van der Waals surface area (Å²) in [4.78, 5) is 19.0. The smallest absolute Gasteiger partial charge is 0.255 e. The van der Waals surface area contributed by atoms with Crippen molar-refractivity contribution in [3.05, 3.63) is 52.5 Å². The third-order valence-electron chi connectivity index (χ3n) is 2.68. The van der Waals surface area contributed by atoms with E-state index in [1.54, 1.807) is 6.08 Å². The van der Waals surface area contributed by atoms with Gasteiger partial charge in [0, 0.05) is 11.1 Å². The molecule has 1 heterocycles. The predicted octanol–water partition coefficient (Wildman–Crippen LogP) is 2.78. The molecule has 0 spiro atoms. The number of aromatic amines is 1. The number of aromatic nitrogens is 2. The van der Waals surface area contributed by atoms with Gasteiger partial charge in [-0.05, 0) is 29.2 Å². The second kappa shape index (κ2) is 4.98. The first-order chi connectivity index (χ1) is 8.17. The highest BCUT2D eigenvalue weighted by atomic mass is 33.1. The highest BCUT2D eigenvalue weighted by molar-refractivity contribution is 8.68. The maximum Gasteiger partial charge on any atom is 0.255 e. The van der Waals surface area contributed by atoms with Crippen LogP contribution in [0.2, 0.25) is 0 Å². The second-order valence-electron chi connectivity index (χ2n) is 3.71. The zero-order chi connectivity index (χ0) is 12.4. The van der Waals surface area contributed by atoms with Gasteiger partial charge in [-0.15, -0.1) is 11.7 Å². The van der Waals surface area contributed by atoms with Crippen molar-refractivity contribution in [2.45, 2.75) is 18.0 Å². The summed E-state index contributed by atoms with van der Waals surface area (Å²) < 4.78 is 0. The molecule has 0 aliphatic heterocycles. The zero-order valence-electron chi connectivity index (χ0n) is 9.19. The summed E-state index contributed by atoms with van der Waals surface area (Å²) in [7, 11) is 1.12. The van der Waals surface area contributed by atoms with Crippen LogP contribution in [0.4, 0.5) is 0 Å². The van der Waals surface area contributed by atoms with Gasteiger partial charge in [-0.2, -0.15) is 0 Å². The summed E-state index contributed by atoms with van der Waals surface area (Å²) in [6.45, 7) is 7.68. The number of rotatable bonds is 2. The maximum atomic E-state index is 11.9. The summed E-state index contributed by atoms with van der Waals surface area (Å²) in [5.41, 5.74) is 3.23. The maximum absolute atomic E-state index is 11.9. The van der Waals surface area contributed by atoms with Gasteiger partial charge in [0.1, 0.15) is 0 Å². The number of thiol groups is 1. The molecule has 1 N–H and O–H groups in total. The van der Waals surface area contributed by atoms with Crippen LogP contribution in [0, 0.1) is 0 Å². The number of nitrogens with one attached hydrogen (secondary N) is 1. The number of hydrogen-bond donors (Lipinski definition) is 2. The molecule has 88 valence electrons. The highest BCUT2D eigenvalue weighted by Crippen LogP contribution is 2.32. The Bertz CT molecular complexity index is 572. The molecule has 0 aromatic carbocycles. The van der Waals surface area contributed by atoms with Crippen LogP contribution in [0.5, 0.6) is 0 Å². The Morgan fingerprint density at radius 1 is 1.47 bits per heavy atom. The van der Waals surface area contributed by atoms with Gasteiger partial charge in [0.15, 0.2) is 5.16 Å². The van der Waals surface area contributed by atoms with Crippen LogP contribution in [0.1, 0.15) is 17.7 Å². The van der Waals surface area contributed by atoms with Crippen LogP contribution >= 0.6 is 22.5 Å². The van der Waals surface area contributed by atoms with Gasteiger partial charge in [0.25, 0.3) is 5.56 Å². The molecule has 1 aromatic rings. The largest absolute Gasteiger partial charge is 0.301 e. The Balaban J connectivity index is 2.70. The van der Waals surface area contributed by atoms with Gasteiger partial charge < -0.3 is 4.98 Å². The monoisotopic (exact) mass is 264 g/mol. The van der Waals surface area contributed by atoms with Crippen molar-refractivity contribution >= 4 is 28.0 Å². The fraction of sp³-hybridized carbons (Fsp3) is 0.167. The molecule has 1 aromatic heterocycles. The second-order valence-corrected chi connectivity index (χ2v) is 4.83. The molecule has 2 rings (SSSR count). The van der Waals surface area contributed by atoms with Gasteiger partial charge in [0.05, 0.1) is 5.69 Å². The molecule has 1 aliphatic rings. The molecule has 1 aliphatic carbocycles. The van der Waals surface area contributed by atoms with E-state index in [2.05, 4.69) is 34.8 Å². The van der Waals surface area contributed by atoms with E-state index in [0.717, 1.165) is 33.9 Å². The molecule has 0 fully saturated rings. The van der Waals surface area contributed by atoms with E-state index in [-0.39, 0.29) is 5.56 Å². The molecule has 5 heteroatoms. The molecule has 3 nitrogen and oxygen atoms in total. The first-order valence-corrected chi connectivity index (χ1v) is 7.00. The van der Waals surface area contributed by atoms with Crippen LogP contribution in [0.3, 0.4) is 0 Å². The lowest BCUT2D eigenvalue weighted by Crippen LogP contribution is -2.21. The van der Waals surface area contributed by atoms with Crippen LogP contribution in [0.25, 0.3) is 5.57 Å². The van der Waals surface area contributed by atoms with Crippen molar-refractivity contribution in [2.75, 3.05) is 0 Å². The lowest BCUT2D eigenvalue weighted by Gasteiger charge is -2.19. The molecule has 0 unspecified atom stereocenters. The van der Waals surface area contributed by atoms with Crippen LogP contribution in [0.15, 0.2) is 40.8 Å². The third kappa shape index (κ3) is 2.25. The molecule has 0 saturated carbocycles. The standard InChI is InChI=1S/C12H12N2OS2/c1-3-4-8-7(2)5-6-9-10(8)13-12(17-16)14-11(9)15/h3-4,16H,1-2,5-6H2,(H,13,14,15)/b8-4+. The fourth-order valence-electron chi connectivity index (χ4n) is 1.87. The number of fused-ring (bicyclic) bond motifs is 1. The van der Waals surface area contributed by atoms with Crippen LogP contribution in [-0.2, 0) is 6.42 Å². The number of allylic oxidation sites excluding steroid dienone is 4. The number of H-pyrrole nitrogens is 1. The van der Waals surface area contributed by atoms with Gasteiger partial charge in [-0.25, -0.2) is 4.98 Å². The number of hydrogen-bond acceptors (Lipinski definition) is 4. The van der Waals surface area contributed by atoms with Crippen molar-refractivity contribution in [1.29, 1.82) is 0 Å². The average molecular weight is 264 g/mol. The Morgan fingerprint density at radius 2 is 2.24 bits per heavy atom. The Hall–Kier alpha value is -1.20. The van der Waals surface area contributed by atoms with E-state index in [1.807, 2.05) is 6.08 Å². The fourth-order valence-corrected chi connectivity index (χ4v) is 2.40. The first-order valence-electron chi connectivity index (χ1n) is 5.13. The van der Waals surface area contributed by atoms with E-state index < -0.39 is 0 Å². The molecule has 0 bridgehead atoms.